The van der Waals surface area contributed by atoms with Gasteiger partial charge >= 0.3 is 0 Å². The maximum absolute atomic E-state index is 8.08. The van der Waals surface area contributed by atoms with Crippen molar-refractivity contribution in [3.8, 4) is 0 Å². The first-order valence-corrected chi connectivity index (χ1v) is 2.43. The SMILES string of the molecule is CC(N)(N)O.OCCO. The van der Waals surface area contributed by atoms with E-state index in [1.807, 2.05) is 0 Å². The minimum atomic E-state index is -1.50. The average molecular weight is 138 g/mol. The molecule has 5 heteroatoms. The summed E-state index contributed by atoms with van der Waals surface area (Å²) >= 11 is 0. The molecule has 0 aliphatic rings. The van der Waals surface area contributed by atoms with Crippen molar-refractivity contribution in [2.75, 3.05) is 13.2 Å². The number of hydrogen-bond acceptors (Lipinski definition) is 5. The summed E-state index contributed by atoms with van der Waals surface area (Å²) in [5, 5.41) is 23.3. The topological polar surface area (TPSA) is 113 Å². The molecule has 0 bridgehead atoms. The lowest BCUT2D eigenvalue weighted by atomic mass is 10.6. The van der Waals surface area contributed by atoms with Crippen LogP contribution in [0, 0.1) is 0 Å². The molecule has 9 heavy (non-hydrogen) atoms. The lowest BCUT2D eigenvalue weighted by Crippen LogP contribution is -2.45. The number of aliphatic hydroxyl groups is 3. The fourth-order valence-corrected chi connectivity index (χ4v) is 0. The van der Waals surface area contributed by atoms with Crippen LogP contribution in [0.4, 0.5) is 0 Å². The fourth-order valence-electron chi connectivity index (χ4n) is 0. The molecule has 5 nitrogen and oxygen atoms in total. The van der Waals surface area contributed by atoms with Gasteiger partial charge in [-0.25, -0.2) is 0 Å². The Morgan fingerprint density at radius 2 is 1.33 bits per heavy atom. The molecule has 0 fully saturated rings. The van der Waals surface area contributed by atoms with Gasteiger partial charge in [-0.15, -0.1) is 0 Å². The van der Waals surface area contributed by atoms with Crippen LogP contribution in [-0.2, 0) is 0 Å². The maximum atomic E-state index is 8.08. The minimum Gasteiger partial charge on any atom is -0.394 e. The summed E-state index contributed by atoms with van der Waals surface area (Å²) in [6.45, 7) is 1.05. The van der Waals surface area contributed by atoms with Crippen LogP contribution >= 0.6 is 0 Å². The Morgan fingerprint density at radius 3 is 1.33 bits per heavy atom. The Hall–Kier alpha value is -0.200. The Kier molecular flexibility index (Phi) is 7.63. The molecule has 0 rings (SSSR count). The highest BCUT2D eigenvalue weighted by atomic mass is 16.3. The van der Waals surface area contributed by atoms with E-state index in [4.69, 9.17) is 15.3 Å². The Balaban J connectivity index is 0. The zero-order chi connectivity index (χ0) is 7.91. The van der Waals surface area contributed by atoms with Gasteiger partial charge in [0.1, 0.15) is 0 Å². The van der Waals surface area contributed by atoms with Crippen LogP contribution in [0.5, 0.6) is 0 Å². The van der Waals surface area contributed by atoms with Crippen molar-refractivity contribution in [3.63, 3.8) is 0 Å². The summed E-state index contributed by atoms with van der Waals surface area (Å²) in [6.07, 6.45) is 0. The number of hydrogen-bond donors (Lipinski definition) is 5. The van der Waals surface area contributed by atoms with Gasteiger partial charge in [0.15, 0.2) is 5.85 Å². The van der Waals surface area contributed by atoms with Gasteiger partial charge in [0.25, 0.3) is 0 Å². The molecule has 0 atom stereocenters. The highest BCUT2D eigenvalue weighted by Gasteiger charge is 1.98. The van der Waals surface area contributed by atoms with Crippen LogP contribution in [0.2, 0.25) is 0 Å². The largest absolute Gasteiger partial charge is 0.394 e. The quantitative estimate of drug-likeness (QED) is 0.258. The van der Waals surface area contributed by atoms with E-state index >= 15 is 0 Å². The van der Waals surface area contributed by atoms with Crippen molar-refractivity contribution in [2.24, 2.45) is 11.5 Å². The molecule has 0 amide bonds. The highest BCUT2D eigenvalue weighted by molar-refractivity contribution is 4.44. The van der Waals surface area contributed by atoms with E-state index in [-0.39, 0.29) is 13.2 Å². The average Bonchev–Trinajstić information content (AvgIpc) is 1.61. The summed E-state index contributed by atoms with van der Waals surface area (Å²) in [5.74, 6) is -1.50. The first-order valence-electron chi connectivity index (χ1n) is 2.43. The molecule has 0 saturated heterocycles. The molecular formula is C4H14N2O3. The third-order valence-corrected chi connectivity index (χ3v) is 0.1000. The number of rotatable bonds is 1. The van der Waals surface area contributed by atoms with E-state index in [0.29, 0.717) is 0 Å². The van der Waals surface area contributed by atoms with Crippen molar-refractivity contribution in [2.45, 2.75) is 12.8 Å². The number of aliphatic hydroxyl groups excluding tert-OH is 2. The van der Waals surface area contributed by atoms with Crippen molar-refractivity contribution in [1.82, 2.24) is 0 Å². The van der Waals surface area contributed by atoms with Gasteiger partial charge in [-0.2, -0.15) is 0 Å². The molecule has 0 aromatic rings. The molecule has 7 N–H and O–H groups in total. The zero-order valence-corrected chi connectivity index (χ0v) is 5.41. The second-order valence-corrected chi connectivity index (χ2v) is 1.67. The maximum Gasteiger partial charge on any atom is 0.163 e. The van der Waals surface area contributed by atoms with Gasteiger partial charge < -0.3 is 15.3 Å². The van der Waals surface area contributed by atoms with E-state index in [1.165, 1.54) is 6.92 Å². The molecule has 0 aromatic heterocycles. The second-order valence-electron chi connectivity index (χ2n) is 1.67. The lowest BCUT2D eigenvalue weighted by molar-refractivity contribution is 0.0747. The van der Waals surface area contributed by atoms with Gasteiger partial charge in [0, 0.05) is 0 Å². The first-order chi connectivity index (χ1) is 3.91. The second kappa shape index (κ2) is 5.93. The van der Waals surface area contributed by atoms with Crippen molar-refractivity contribution in [3.05, 3.63) is 0 Å². The molecule has 0 aliphatic heterocycles. The molecule has 0 unspecified atom stereocenters. The van der Waals surface area contributed by atoms with E-state index < -0.39 is 5.85 Å². The standard InChI is InChI=1S/C2H8N2O.C2H6O2/c1-2(3,4)5;3-1-2-4/h5H,3-4H2,1H3;3-4H,1-2H2. The van der Waals surface area contributed by atoms with Crippen molar-refractivity contribution >= 4 is 0 Å². The Morgan fingerprint density at radius 1 is 1.22 bits per heavy atom. The van der Waals surface area contributed by atoms with Crippen LogP contribution in [-0.4, -0.2) is 34.4 Å². The van der Waals surface area contributed by atoms with Gasteiger partial charge in [0.2, 0.25) is 0 Å². The van der Waals surface area contributed by atoms with Crippen molar-refractivity contribution < 1.29 is 15.3 Å². The first kappa shape index (κ1) is 11.6. The lowest BCUT2D eigenvalue weighted by Gasteiger charge is -2.05. The van der Waals surface area contributed by atoms with Gasteiger partial charge in [-0.1, -0.05) is 0 Å². The normalized spacial score (nSPS) is 10.0. The third-order valence-electron chi connectivity index (χ3n) is 0.1000. The summed E-state index contributed by atoms with van der Waals surface area (Å²) in [7, 11) is 0. The smallest absolute Gasteiger partial charge is 0.163 e. The predicted molar refractivity (Wildman–Crippen MR) is 33.2 cm³/mol. The summed E-state index contributed by atoms with van der Waals surface area (Å²) in [4.78, 5) is 0. The van der Waals surface area contributed by atoms with Gasteiger partial charge in [-0.05, 0) is 6.92 Å². The van der Waals surface area contributed by atoms with Gasteiger partial charge in [-0.3, -0.25) is 11.5 Å². The predicted octanol–water partition coefficient (Wildman–Crippen LogP) is -2.46. The van der Waals surface area contributed by atoms with E-state index in [9.17, 15) is 0 Å². The van der Waals surface area contributed by atoms with Crippen molar-refractivity contribution in [1.29, 1.82) is 0 Å². The molecular weight excluding hydrogens is 124 g/mol. The summed E-state index contributed by atoms with van der Waals surface area (Å²) < 4.78 is 0. The van der Waals surface area contributed by atoms with Crippen LogP contribution in [0.3, 0.4) is 0 Å². The zero-order valence-electron chi connectivity index (χ0n) is 5.41. The molecule has 0 spiro atoms. The van der Waals surface area contributed by atoms with Crippen LogP contribution in [0.15, 0.2) is 0 Å². The Labute approximate surface area is 53.9 Å². The molecule has 0 aromatic carbocycles. The van der Waals surface area contributed by atoms with Gasteiger partial charge in [0.05, 0.1) is 13.2 Å². The van der Waals surface area contributed by atoms with Crippen LogP contribution in [0.25, 0.3) is 0 Å². The molecule has 0 saturated carbocycles. The molecule has 0 aliphatic carbocycles. The summed E-state index contributed by atoms with van der Waals surface area (Å²) in [6, 6.07) is 0. The molecule has 0 radical (unpaired) electrons. The fraction of sp³-hybridized carbons (Fsp3) is 1.00. The van der Waals surface area contributed by atoms with E-state index in [0.717, 1.165) is 0 Å². The highest BCUT2D eigenvalue weighted by Crippen LogP contribution is 1.69. The van der Waals surface area contributed by atoms with Crippen LogP contribution in [0.1, 0.15) is 6.92 Å². The summed E-state index contributed by atoms with van der Waals surface area (Å²) in [5.41, 5.74) is 9.38. The van der Waals surface area contributed by atoms with E-state index in [1.54, 1.807) is 0 Å². The third kappa shape index (κ3) is 410. The Bertz CT molecular complexity index is 44.3. The van der Waals surface area contributed by atoms with Crippen LogP contribution < -0.4 is 11.5 Å². The molecule has 0 heterocycles. The monoisotopic (exact) mass is 138 g/mol. The number of nitrogens with two attached hydrogens (primary N) is 2. The minimum absolute atomic E-state index is 0.125. The molecule has 58 valence electrons. The van der Waals surface area contributed by atoms with E-state index in [2.05, 4.69) is 11.5 Å².